The molecule has 7 nitrogen and oxygen atoms in total. The summed E-state index contributed by atoms with van der Waals surface area (Å²) in [6.07, 6.45) is -3.81. The predicted molar refractivity (Wildman–Crippen MR) is 69.3 cm³/mol. The van der Waals surface area contributed by atoms with Crippen molar-refractivity contribution in [3.63, 3.8) is 0 Å². The third-order valence-corrected chi connectivity index (χ3v) is 2.81. The van der Waals surface area contributed by atoms with Gasteiger partial charge in [0.1, 0.15) is 6.20 Å². The number of nitrogens with one attached hydrogen (secondary N) is 1. The van der Waals surface area contributed by atoms with Crippen LogP contribution in [0.2, 0.25) is 0 Å². The number of hydrogen-bond donors (Lipinski definition) is 1. The average molecular weight is 314 g/mol. The summed E-state index contributed by atoms with van der Waals surface area (Å²) in [7, 11) is 1.28. The van der Waals surface area contributed by atoms with Gasteiger partial charge in [0.25, 0.3) is 5.91 Å². The van der Waals surface area contributed by atoms with Gasteiger partial charge in [0.2, 0.25) is 5.69 Å². The zero-order valence-corrected chi connectivity index (χ0v) is 11.1. The highest BCUT2D eigenvalue weighted by atomic mass is 19.4. The Bertz CT molecular complexity index is 739. The molecule has 0 unspecified atom stereocenters. The van der Waals surface area contributed by atoms with Crippen LogP contribution >= 0.6 is 0 Å². The van der Waals surface area contributed by atoms with Crippen LogP contribution in [0.3, 0.4) is 0 Å². The standard InChI is InChI=1S/C12H9F3N4O3/c1-18-10(9(6-16-18)19(21)22)11(20)17-8-5-3-2-4-7(8)12(13,14)15/h2-6H,1H3,(H,17,20). The van der Waals surface area contributed by atoms with Crippen molar-refractivity contribution in [1.82, 2.24) is 9.78 Å². The highest BCUT2D eigenvalue weighted by Gasteiger charge is 2.34. The van der Waals surface area contributed by atoms with E-state index in [4.69, 9.17) is 0 Å². The van der Waals surface area contributed by atoms with E-state index in [1.54, 1.807) is 0 Å². The number of alkyl halides is 3. The van der Waals surface area contributed by atoms with E-state index in [-0.39, 0.29) is 0 Å². The first-order valence-electron chi connectivity index (χ1n) is 5.85. The molecule has 0 atom stereocenters. The van der Waals surface area contributed by atoms with E-state index >= 15 is 0 Å². The molecule has 0 aliphatic carbocycles. The summed E-state index contributed by atoms with van der Waals surface area (Å²) in [5.74, 6) is -1.05. The summed E-state index contributed by atoms with van der Waals surface area (Å²) >= 11 is 0. The number of aromatic nitrogens is 2. The smallest absolute Gasteiger partial charge is 0.320 e. The molecule has 0 radical (unpaired) electrons. The van der Waals surface area contributed by atoms with Gasteiger partial charge in [0.05, 0.1) is 16.2 Å². The fourth-order valence-electron chi connectivity index (χ4n) is 1.84. The van der Waals surface area contributed by atoms with Gasteiger partial charge in [-0.2, -0.15) is 18.3 Å². The number of nitro groups is 1. The van der Waals surface area contributed by atoms with Gasteiger partial charge in [-0.05, 0) is 12.1 Å². The molecule has 22 heavy (non-hydrogen) atoms. The Balaban J connectivity index is 2.39. The molecule has 1 aromatic carbocycles. The summed E-state index contributed by atoms with van der Waals surface area (Å²) < 4.78 is 39.5. The average Bonchev–Trinajstić information content (AvgIpc) is 2.80. The van der Waals surface area contributed by atoms with E-state index in [0.29, 0.717) is 0 Å². The van der Waals surface area contributed by atoms with E-state index in [2.05, 4.69) is 5.10 Å². The van der Waals surface area contributed by atoms with Gasteiger partial charge in [-0.3, -0.25) is 19.6 Å². The van der Waals surface area contributed by atoms with Crippen molar-refractivity contribution >= 4 is 17.3 Å². The third kappa shape index (κ3) is 2.90. The van der Waals surface area contributed by atoms with Crippen molar-refractivity contribution in [1.29, 1.82) is 0 Å². The number of anilines is 1. The molecule has 1 heterocycles. The molecule has 0 saturated heterocycles. The second-order valence-electron chi connectivity index (χ2n) is 4.26. The predicted octanol–water partition coefficient (Wildman–Crippen LogP) is 2.60. The Morgan fingerprint density at radius 3 is 2.59 bits per heavy atom. The van der Waals surface area contributed by atoms with Crippen LogP contribution in [0, 0.1) is 10.1 Å². The molecule has 0 saturated carbocycles. The van der Waals surface area contributed by atoms with Crippen molar-refractivity contribution in [2.45, 2.75) is 6.18 Å². The first-order chi connectivity index (χ1) is 10.2. The molecule has 116 valence electrons. The Labute approximate surface area is 121 Å². The number of halogens is 3. The fraction of sp³-hybridized carbons (Fsp3) is 0.167. The van der Waals surface area contributed by atoms with Crippen LogP contribution in [0.5, 0.6) is 0 Å². The van der Waals surface area contributed by atoms with Crippen LogP contribution in [0.15, 0.2) is 30.5 Å². The van der Waals surface area contributed by atoms with E-state index in [0.717, 1.165) is 23.0 Å². The minimum Gasteiger partial charge on any atom is -0.320 e. The van der Waals surface area contributed by atoms with Gasteiger partial charge in [-0.25, -0.2) is 0 Å². The lowest BCUT2D eigenvalue weighted by atomic mass is 10.1. The number of carbonyl (C=O) groups is 1. The Morgan fingerprint density at radius 2 is 2.00 bits per heavy atom. The molecule has 1 N–H and O–H groups in total. The first kappa shape index (κ1) is 15.5. The molecule has 2 aromatic rings. The van der Waals surface area contributed by atoms with Crippen molar-refractivity contribution < 1.29 is 22.9 Å². The minimum absolute atomic E-state index is 0.443. The molecule has 0 bridgehead atoms. The second-order valence-corrected chi connectivity index (χ2v) is 4.26. The zero-order valence-electron chi connectivity index (χ0n) is 11.1. The molecule has 10 heteroatoms. The van der Waals surface area contributed by atoms with E-state index in [1.807, 2.05) is 5.32 Å². The lowest BCUT2D eigenvalue weighted by Gasteiger charge is -2.13. The number of nitrogens with zero attached hydrogens (tertiary/aromatic N) is 3. The molecule has 0 fully saturated rings. The van der Waals surface area contributed by atoms with Gasteiger partial charge < -0.3 is 5.32 Å². The van der Waals surface area contributed by atoms with Crippen molar-refractivity contribution in [3.05, 3.63) is 51.8 Å². The third-order valence-electron chi connectivity index (χ3n) is 2.81. The number of amides is 1. The number of hydrogen-bond acceptors (Lipinski definition) is 4. The quantitative estimate of drug-likeness (QED) is 0.696. The monoisotopic (exact) mass is 314 g/mol. The van der Waals surface area contributed by atoms with Crippen molar-refractivity contribution in [3.8, 4) is 0 Å². The largest absolute Gasteiger partial charge is 0.418 e. The summed E-state index contributed by atoms with van der Waals surface area (Å²) in [4.78, 5) is 22.0. The number of carbonyl (C=O) groups excluding carboxylic acids is 1. The Morgan fingerprint density at radius 1 is 1.36 bits per heavy atom. The number of rotatable bonds is 3. The van der Waals surface area contributed by atoms with Crippen LogP contribution in [0.4, 0.5) is 24.5 Å². The Hall–Kier alpha value is -2.91. The van der Waals surface area contributed by atoms with Crippen LogP contribution < -0.4 is 5.32 Å². The highest BCUT2D eigenvalue weighted by molar-refractivity contribution is 6.06. The minimum atomic E-state index is -4.66. The van der Waals surface area contributed by atoms with Crippen LogP contribution in [0.1, 0.15) is 16.1 Å². The van der Waals surface area contributed by atoms with Crippen molar-refractivity contribution in [2.75, 3.05) is 5.32 Å². The summed E-state index contributed by atoms with van der Waals surface area (Å²) in [6.45, 7) is 0. The molecule has 0 aliphatic rings. The van der Waals surface area contributed by atoms with Gasteiger partial charge in [0.15, 0.2) is 0 Å². The van der Waals surface area contributed by atoms with Gasteiger partial charge >= 0.3 is 11.9 Å². The summed E-state index contributed by atoms with van der Waals surface area (Å²) in [5.41, 5.74) is -2.57. The van der Waals surface area contributed by atoms with Crippen LogP contribution in [0.25, 0.3) is 0 Å². The molecule has 2 rings (SSSR count). The number of benzene rings is 1. The van der Waals surface area contributed by atoms with Gasteiger partial charge in [-0.1, -0.05) is 12.1 Å². The second kappa shape index (κ2) is 5.47. The normalized spacial score (nSPS) is 11.3. The highest BCUT2D eigenvalue weighted by Crippen LogP contribution is 2.34. The van der Waals surface area contributed by atoms with Gasteiger partial charge in [-0.15, -0.1) is 0 Å². The summed E-state index contributed by atoms with van der Waals surface area (Å²) in [6, 6.07) is 4.34. The molecule has 0 aliphatic heterocycles. The van der Waals surface area contributed by atoms with Crippen molar-refractivity contribution in [2.24, 2.45) is 7.05 Å². The maximum atomic E-state index is 12.9. The molecule has 1 aromatic heterocycles. The molecular weight excluding hydrogens is 305 g/mol. The molecule has 1 amide bonds. The van der Waals surface area contributed by atoms with Crippen LogP contribution in [-0.4, -0.2) is 20.6 Å². The zero-order chi connectivity index (χ0) is 16.5. The number of para-hydroxylation sites is 1. The van der Waals surface area contributed by atoms with Gasteiger partial charge in [0, 0.05) is 7.05 Å². The lowest BCUT2D eigenvalue weighted by molar-refractivity contribution is -0.385. The Kier molecular flexibility index (Phi) is 3.85. The maximum Gasteiger partial charge on any atom is 0.418 e. The fourth-order valence-corrected chi connectivity index (χ4v) is 1.84. The maximum absolute atomic E-state index is 12.9. The first-order valence-corrected chi connectivity index (χ1v) is 5.85. The SMILES string of the molecule is Cn1ncc([N+](=O)[O-])c1C(=O)Nc1ccccc1C(F)(F)F. The van der Waals surface area contributed by atoms with E-state index < -0.39 is 39.6 Å². The summed E-state index contributed by atoms with van der Waals surface area (Å²) in [5, 5.41) is 16.4. The number of aryl methyl sites for hydroxylation is 1. The molecule has 0 spiro atoms. The lowest BCUT2D eigenvalue weighted by Crippen LogP contribution is -2.20. The van der Waals surface area contributed by atoms with E-state index in [1.165, 1.54) is 19.2 Å². The van der Waals surface area contributed by atoms with E-state index in [9.17, 15) is 28.1 Å². The van der Waals surface area contributed by atoms with Crippen LogP contribution in [-0.2, 0) is 13.2 Å². The molecular formula is C12H9F3N4O3. The topological polar surface area (TPSA) is 90.1 Å².